The molecule has 3 rings (SSSR count). The number of rotatable bonds is 4. The third-order valence-corrected chi connectivity index (χ3v) is 7.29. The lowest BCUT2D eigenvalue weighted by Gasteiger charge is -2.45. The average Bonchev–Trinajstić information content (AvgIpc) is 2.59. The molecular formula is C17H26N2O3S. The molecule has 2 aliphatic rings. The van der Waals surface area contributed by atoms with Crippen molar-refractivity contribution in [3.63, 3.8) is 0 Å². The highest BCUT2D eigenvalue weighted by Crippen LogP contribution is 2.39. The fraction of sp³-hybridized carbons (Fsp3) is 0.647. The van der Waals surface area contributed by atoms with Gasteiger partial charge in [-0.25, -0.2) is 12.7 Å². The van der Waals surface area contributed by atoms with Crippen LogP contribution in [-0.2, 0) is 16.4 Å². The van der Waals surface area contributed by atoms with E-state index in [1.54, 1.807) is 25.4 Å². The van der Waals surface area contributed by atoms with Gasteiger partial charge in [0.2, 0.25) is 10.0 Å². The number of benzene rings is 1. The molecular weight excluding hydrogens is 312 g/mol. The minimum absolute atomic E-state index is 0.0919. The van der Waals surface area contributed by atoms with E-state index in [0.29, 0.717) is 6.04 Å². The second kappa shape index (κ2) is 6.42. The van der Waals surface area contributed by atoms with E-state index in [1.165, 1.54) is 11.1 Å². The van der Waals surface area contributed by atoms with Gasteiger partial charge in [0.05, 0.1) is 12.9 Å². The molecule has 5 nitrogen and oxygen atoms in total. The largest absolute Gasteiger partial charge is 0.497 e. The summed E-state index contributed by atoms with van der Waals surface area (Å²) in [6, 6.07) is 6.70. The van der Waals surface area contributed by atoms with Gasteiger partial charge in [-0.15, -0.1) is 0 Å². The van der Waals surface area contributed by atoms with E-state index >= 15 is 0 Å². The van der Waals surface area contributed by atoms with E-state index in [1.807, 2.05) is 6.07 Å². The van der Waals surface area contributed by atoms with Gasteiger partial charge in [-0.3, -0.25) is 4.90 Å². The first-order chi connectivity index (χ1) is 11.0. The highest BCUT2D eigenvalue weighted by Gasteiger charge is 2.37. The highest BCUT2D eigenvalue weighted by molar-refractivity contribution is 7.89. The summed E-state index contributed by atoms with van der Waals surface area (Å²) < 4.78 is 31.3. The van der Waals surface area contributed by atoms with Gasteiger partial charge in [0.15, 0.2) is 0 Å². The van der Waals surface area contributed by atoms with Crippen molar-refractivity contribution in [2.75, 3.05) is 33.0 Å². The predicted octanol–water partition coefficient (Wildman–Crippen LogP) is 2.04. The van der Waals surface area contributed by atoms with Gasteiger partial charge in [-0.2, -0.15) is 0 Å². The van der Waals surface area contributed by atoms with Crippen LogP contribution < -0.4 is 4.74 Å². The fourth-order valence-electron chi connectivity index (χ4n) is 3.86. The van der Waals surface area contributed by atoms with Crippen molar-refractivity contribution in [1.29, 1.82) is 0 Å². The summed E-state index contributed by atoms with van der Waals surface area (Å²) in [6.07, 6.45) is 2.82. The maximum absolute atomic E-state index is 12.2. The SMILES string of the molecule is CCS(=O)(=O)N(C)C1CCN2CCc3cc(OC)ccc3C2C1. The molecule has 2 unspecified atom stereocenters. The van der Waals surface area contributed by atoms with Crippen molar-refractivity contribution < 1.29 is 13.2 Å². The molecule has 2 heterocycles. The van der Waals surface area contributed by atoms with Crippen LogP contribution in [0.4, 0.5) is 0 Å². The molecule has 0 spiro atoms. The second-order valence-corrected chi connectivity index (χ2v) is 8.78. The second-order valence-electron chi connectivity index (χ2n) is 6.46. The molecule has 0 radical (unpaired) electrons. The number of hydrogen-bond donors (Lipinski definition) is 0. The van der Waals surface area contributed by atoms with E-state index in [0.717, 1.165) is 38.1 Å². The summed E-state index contributed by atoms with van der Waals surface area (Å²) in [4.78, 5) is 2.50. The molecule has 1 aromatic rings. The van der Waals surface area contributed by atoms with E-state index in [-0.39, 0.29) is 11.8 Å². The van der Waals surface area contributed by atoms with Crippen molar-refractivity contribution >= 4 is 10.0 Å². The summed E-state index contributed by atoms with van der Waals surface area (Å²) >= 11 is 0. The normalized spacial score (nSPS) is 25.0. The molecule has 0 amide bonds. The van der Waals surface area contributed by atoms with Crippen LogP contribution in [0.15, 0.2) is 18.2 Å². The summed E-state index contributed by atoms with van der Waals surface area (Å²) in [5.41, 5.74) is 2.68. The van der Waals surface area contributed by atoms with Crippen LogP contribution in [0.25, 0.3) is 0 Å². The monoisotopic (exact) mass is 338 g/mol. The first kappa shape index (κ1) is 16.7. The topological polar surface area (TPSA) is 49.9 Å². The van der Waals surface area contributed by atoms with E-state index < -0.39 is 10.0 Å². The van der Waals surface area contributed by atoms with Gasteiger partial charge >= 0.3 is 0 Å². The predicted molar refractivity (Wildman–Crippen MR) is 91.3 cm³/mol. The average molecular weight is 338 g/mol. The minimum Gasteiger partial charge on any atom is -0.497 e. The molecule has 0 N–H and O–H groups in total. The van der Waals surface area contributed by atoms with Gasteiger partial charge in [0.25, 0.3) is 0 Å². The Labute approximate surface area is 139 Å². The Morgan fingerprint density at radius 2 is 2.13 bits per heavy atom. The third kappa shape index (κ3) is 3.12. The quantitative estimate of drug-likeness (QED) is 0.843. The van der Waals surface area contributed by atoms with Crippen molar-refractivity contribution in [3.05, 3.63) is 29.3 Å². The van der Waals surface area contributed by atoms with Crippen LogP contribution in [0.3, 0.4) is 0 Å². The molecule has 0 bridgehead atoms. The zero-order valence-corrected chi connectivity index (χ0v) is 15.0. The first-order valence-electron chi connectivity index (χ1n) is 8.33. The number of piperidine rings is 1. The molecule has 23 heavy (non-hydrogen) atoms. The number of methoxy groups -OCH3 is 1. The summed E-state index contributed by atoms with van der Waals surface area (Å²) in [6.45, 7) is 3.72. The van der Waals surface area contributed by atoms with Crippen LogP contribution >= 0.6 is 0 Å². The molecule has 1 saturated heterocycles. The van der Waals surface area contributed by atoms with Gasteiger partial charge in [0.1, 0.15) is 5.75 Å². The van der Waals surface area contributed by atoms with Gasteiger partial charge < -0.3 is 4.74 Å². The van der Waals surface area contributed by atoms with Gasteiger partial charge in [0, 0.05) is 32.2 Å². The minimum atomic E-state index is -3.13. The molecule has 1 aromatic carbocycles. The zero-order chi connectivity index (χ0) is 16.6. The Morgan fingerprint density at radius 1 is 1.35 bits per heavy atom. The number of fused-ring (bicyclic) bond motifs is 3. The van der Waals surface area contributed by atoms with Gasteiger partial charge in [-0.1, -0.05) is 6.07 Å². The number of hydrogen-bond acceptors (Lipinski definition) is 4. The molecule has 2 aliphatic heterocycles. The standard InChI is InChI=1S/C17H26N2O3S/c1-4-23(20,21)18(2)14-8-10-19-9-7-13-11-15(22-3)5-6-16(13)17(19)12-14/h5-6,11,14,17H,4,7-10,12H2,1-3H3. The Balaban J connectivity index is 1.85. The smallest absolute Gasteiger partial charge is 0.213 e. The Hall–Kier alpha value is -1.11. The number of ether oxygens (including phenoxy) is 1. The molecule has 2 atom stereocenters. The maximum Gasteiger partial charge on any atom is 0.213 e. The number of sulfonamides is 1. The lowest BCUT2D eigenvalue weighted by Crippen LogP contribution is -2.49. The Kier molecular flexibility index (Phi) is 4.67. The van der Waals surface area contributed by atoms with Crippen LogP contribution in [0.1, 0.15) is 36.9 Å². The third-order valence-electron chi connectivity index (χ3n) is 5.38. The lowest BCUT2D eigenvalue weighted by atomic mass is 9.85. The Morgan fingerprint density at radius 3 is 2.83 bits per heavy atom. The van der Waals surface area contributed by atoms with Crippen LogP contribution in [0.5, 0.6) is 5.75 Å². The molecule has 6 heteroatoms. The summed E-state index contributed by atoms with van der Waals surface area (Å²) in [7, 11) is 0.297. The van der Waals surface area contributed by atoms with Crippen molar-refractivity contribution in [2.45, 2.75) is 38.3 Å². The first-order valence-corrected chi connectivity index (χ1v) is 9.93. The van der Waals surface area contributed by atoms with Crippen LogP contribution in [0.2, 0.25) is 0 Å². The zero-order valence-electron chi connectivity index (χ0n) is 14.2. The number of nitrogens with zero attached hydrogens (tertiary/aromatic N) is 2. The van der Waals surface area contributed by atoms with E-state index in [9.17, 15) is 8.42 Å². The molecule has 0 aliphatic carbocycles. The Bertz CT molecular complexity index is 674. The maximum atomic E-state index is 12.2. The lowest BCUT2D eigenvalue weighted by molar-refractivity contribution is 0.0969. The highest BCUT2D eigenvalue weighted by atomic mass is 32.2. The van der Waals surface area contributed by atoms with Crippen LogP contribution in [0, 0.1) is 0 Å². The van der Waals surface area contributed by atoms with Gasteiger partial charge in [-0.05, 0) is 49.4 Å². The fourth-order valence-corrected chi connectivity index (χ4v) is 4.92. The summed E-state index contributed by atoms with van der Waals surface area (Å²) in [5, 5.41) is 0. The molecule has 0 aromatic heterocycles. The van der Waals surface area contributed by atoms with Crippen molar-refractivity contribution in [2.24, 2.45) is 0 Å². The summed E-state index contributed by atoms with van der Waals surface area (Å²) in [5.74, 6) is 1.07. The van der Waals surface area contributed by atoms with Crippen molar-refractivity contribution in [3.8, 4) is 5.75 Å². The molecule has 0 saturated carbocycles. The van der Waals surface area contributed by atoms with E-state index in [4.69, 9.17) is 4.74 Å². The van der Waals surface area contributed by atoms with Crippen LogP contribution in [-0.4, -0.2) is 56.7 Å². The van der Waals surface area contributed by atoms with Crippen molar-refractivity contribution in [1.82, 2.24) is 9.21 Å². The van der Waals surface area contributed by atoms with E-state index in [2.05, 4.69) is 17.0 Å². The molecule has 1 fully saturated rings. The molecule has 128 valence electrons.